The van der Waals surface area contributed by atoms with E-state index in [1.54, 1.807) is 0 Å². The molecule has 0 radical (unpaired) electrons. The molecule has 1 amide bonds. The van der Waals surface area contributed by atoms with Crippen LogP contribution in [-0.2, 0) is 14.3 Å². The Kier molecular flexibility index (Phi) is 5.45. The molecule has 124 valence electrons. The number of aromatic amines is 1. The second kappa shape index (κ2) is 7.52. The first kappa shape index (κ1) is 16.7. The van der Waals surface area contributed by atoms with Crippen LogP contribution in [0.25, 0.3) is 11.2 Å². The van der Waals surface area contributed by atoms with Crippen LogP contribution in [0.1, 0.15) is 20.3 Å². The lowest BCUT2D eigenvalue weighted by Crippen LogP contribution is -2.44. The standard InChI is InChI=1S/C14H20N6O3/c1-8(2)4-9(14(22)23-3)20-10(21)5-15-12-11-13(17-6-16-11)19-7-18-12/h6-9H,4-5H2,1-3H3,(H,20,21)(H2,15,16,17,18,19)/t9-/m0/s1. The highest BCUT2D eigenvalue weighted by Gasteiger charge is 2.22. The van der Waals surface area contributed by atoms with Crippen molar-refractivity contribution >= 4 is 28.9 Å². The molecule has 0 aromatic carbocycles. The average molecular weight is 320 g/mol. The summed E-state index contributed by atoms with van der Waals surface area (Å²) in [7, 11) is 1.30. The molecule has 2 heterocycles. The van der Waals surface area contributed by atoms with E-state index in [0.29, 0.717) is 23.4 Å². The molecular formula is C14H20N6O3. The third-order valence-corrected chi connectivity index (χ3v) is 3.17. The maximum atomic E-state index is 12.1. The highest BCUT2D eigenvalue weighted by molar-refractivity contribution is 5.88. The summed E-state index contributed by atoms with van der Waals surface area (Å²) in [5.74, 6) is -0.0580. The predicted octanol–water partition coefficient (Wildman–Crippen LogP) is 0.469. The molecule has 1 atom stereocenters. The van der Waals surface area contributed by atoms with Gasteiger partial charge in [-0.25, -0.2) is 19.7 Å². The van der Waals surface area contributed by atoms with Gasteiger partial charge in [-0.3, -0.25) is 4.79 Å². The number of H-pyrrole nitrogens is 1. The highest BCUT2D eigenvalue weighted by atomic mass is 16.5. The number of carbonyl (C=O) groups is 2. The van der Waals surface area contributed by atoms with Crippen LogP contribution in [0, 0.1) is 5.92 Å². The van der Waals surface area contributed by atoms with Crippen LogP contribution < -0.4 is 10.6 Å². The van der Waals surface area contributed by atoms with Crippen molar-refractivity contribution < 1.29 is 14.3 Å². The molecule has 0 aliphatic carbocycles. The monoisotopic (exact) mass is 320 g/mol. The van der Waals surface area contributed by atoms with E-state index < -0.39 is 12.0 Å². The minimum Gasteiger partial charge on any atom is -0.467 e. The Morgan fingerprint density at radius 3 is 2.78 bits per heavy atom. The molecule has 0 aliphatic heterocycles. The number of esters is 1. The number of nitrogens with zero attached hydrogens (tertiary/aromatic N) is 3. The molecule has 23 heavy (non-hydrogen) atoms. The SMILES string of the molecule is COC(=O)[C@H](CC(C)C)NC(=O)CNc1ncnc2nc[nH]c12. The Bertz CT molecular complexity index is 684. The first-order chi connectivity index (χ1) is 11.0. The number of imidazole rings is 1. The lowest BCUT2D eigenvalue weighted by Gasteiger charge is -2.18. The molecule has 0 unspecified atom stereocenters. The van der Waals surface area contributed by atoms with Gasteiger partial charge in [-0.15, -0.1) is 0 Å². The van der Waals surface area contributed by atoms with Crippen molar-refractivity contribution in [2.75, 3.05) is 19.0 Å². The van der Waals surface area contributed by atoms with Crippen LogP contribution in [-0.4, -0.2) is 51.5 Å². The number of aromatic nitrogens is 4. The number of amides is 1. The first-order valence-corrected chi connectivity index (χ1v) is 7.26. The molecule has 0 saturated heterocycles. The molecule has 3 N–H and O–H groups in total. The number of rotatable bonds is 7. The van der Waals surface area contributed by atoms with Crippen LogP contribution in [0.15, 0.2) is 12.7 Å². The molecular weight excluding hydrogens is 300 g/mol. The number of anilines is 1. The van der Waals surface area contributed by atoms with Gasteiger partial charge in [-0.2, -0.15) is 0 Å². The summed E-state index contributed by atoms with van der Waals surface area (Å²) in [5, 5.41) is 5.57. The zero-order valence-corrected chi connectivity index (χ0v) is 13.3. The number of hydrogen-bond donors (Lipinski definition) is 3. The number of hydrogen-bond acceptors (Lipinski definition) is 7. The smallest absolute Gasteiger partial charge is 0.328 e. The largest absolute Gasteiger partial charge is 0.467 e. The van der Waals surface area contributed by atoms with Crippen LogP contribution >= 0.6 is 0 Å². The molecule has 0 saturated carbocycles. The van der Waals surface area contributed by atoms with Gasteiger partial charge in [0.25, 0.3) is 0 Å². The third-order valence-electron chi connectivity index (χ3n) is 3.17. The Morgan fingerprint density at radius 1 is 1.30 bits per heavy atom. The van der Waals surface area contributed by atoms with Crippen LogP contribution in [0.3, 0.4) is 0 Å². The van der Waals surface area contributed by atoms with Gasteiger partial charge in [0.2, 0.25) is 5.91 Å². The van der Waals surface area contributed by atoms with E-state index in [4.69, 9.17) is 4.74 Å². The molecule has 9 heteroatoms. The van der Waals surface area contributed by atoms with Gasteiger partial charge < -0.3 is 20.4 Å². The Morgan fingerprint density at radius 2 is 2.09 bits per heavy atom. The summed E-state index contributed by atoms with van der Waals surface area (Å²) in [6, 6.07) is -0.660. The second-order valence-electron chi connectivity index (χ2n) is 5.45. The minimum atomic E-state index is -0.660. The molecule has 2 aromatic rings. The fraction of sp³-hybridized carbons (Fsp3) is 0.500. The quantitative estimate of drug-likeness (QED) is 0.634. The Labute approximate surface area is 133 Å². The van der Waals surface area contributed by atoms with Crippen LogP contribution in [0.5, 0.6) is 0 Å². The van der Waals surface area contributed by atoms with E-state index in [1.807, 2.05) is 13.8 Å². The Balaban J connectivity index is 1.95. The molecule has 0 aliphatic rings. The predicted molar refractivity (Wildman–Crippen MR) is 83.6 cm³/mol. The van der Waals surface area contributed by atoms with Gasteiger partial charge >= 0.3 is 5.97 Å². The molecule has 2 rings (SSSR count). The normalized spacial score (nSPS) is 12.2. The lowest BCUT2D eigenvalue weighted by molar-refractivity contribution is -0.145. The maximum Gasteiger partial charge on any atom is 0.328 e. The van der Waals surface area contributed by atoms with Crippen LogP contribution in [0.4, 0.5) is 5.82 Å². The maximum absolute atomic E-state index is 12.1. The fourth-order valence-corrected chi connectivity index (χ4v) is 2.14. The number of nitrogens with one attached hydrogen (secondary N) is 3. The summed E-state index contributed by atoms with van der Waals surface area (Å²) in [6.07, 6.45) is 3.37. The second-order valence-corrected chi connectivity index (χ2v) is 5.45. The van der Waals surface area contributed by atoms with Crippen molar-refractivity contribution in [3.05, 3.63) is 12.7 Å². The van der Waals surface area contributed by atoms with Crippen molar-refractivity contribution in [2.45, 2.75) is 26.3 Å². The number of methoxy groups -OCH3 is 1. The average Bonchev–Trinajstić information content (AvgIpc) is 3.00. The van der Waals surface area contributed by atoms with E-state index in [-0.39, 0.29) is 18.4 Å². The first-order valence-electron chi connectivity index (χ1n) is 7.26. The van der Waals surface area contributed by atoms with Gasteiger partial charge in [0.15, 0.2) is 11.5 Å². The van der Waals surface area contributed by atoms with E-state index >= 15 is 0 Å². The summed E-state index contributed by atoms with van der Waals surface area (Å²) < 4.78 is 4.72. The summed E-state index contributed by atoms with van der Waals surface area (Å²) >= 11 is 0. The van der Waals surface area contributed by atoms with Gasteiger partial charge in [-0.1, -0.05) is 13.8 Å². The zero-order chi connectivity index (χ0) is 16.8. The van der Waals surface area contributed by atoms with Gasteiger partial charge in [0, 0.05) is 0 Å². The molecule has 0 bridgehead atoms. The summed E-state index contributed by atoms with van der Waals surface area (Å²) in [5.41, 5.74) is 1.13. The molecule has 0 spiro atoms. The van der Waals surface area contributed by atoms with E-state index in [0.717, 1.165) is 0 Å². The summed E-state index contributed by atoms with van der Waals surface area (Å²) in [4.78, 5) is 38.7. The van der Waals surface area contributed by atoms with Crippen LogP contribution in [0.2, 0.25) is 0 Å². The van der Waals surface area contributed by atoms with Gasteiger partial charge in [-0.05, 0) is 12.3 Å². The molecule has 9 nitrogen and oxygen atoms in total. The zero-order valence-electron chi connectivity index (χ0n) is 13.3. The van der Waals surface area contributed by atoms with E-state index in [9.17, 15) is 9.59 Å². The van der Waals surface area contributed by atoms with Gasteiger partial charge in [0.05, 0.1) is 20.0 Å². The topological polar surface area (TPSA) is 122 Å². The number of fused-ring (bicyclic) bond motifs is 1. The fourth-order valence-electron chi connectivity index (χ4n) is 2.14. The molecule has 2 aromatic heterocycles. The van der Waals surface area contributed by atoms with Crippen molar-refractivity contribution in [1.82, 2.24) is 25.3 Å². The van der Waals surface area contributed by atoms with E-state index in [1.165, 1.54) is 19.8 Å². The highest BCUT2D eigenvalue weighted by Crippen LogP contribution is 2.13. The minimum absolute atomic E-state index is 0.0310. The summed E-state index contributed by atoms with van der Waals surface area (Å²) in [6.45, 7) is 3.91. The Hall–Kier alpha value is -2.71. The number of ether oxygens (including phenoxy) is 1. The van der Waals surface area contributed by atoms with Crippen molar-refractivity contribution in [3.8, 4) is 0 Å². The van der Waals surface area contributed by atoms with E-state index in [2.05, 4.69) is 30.6 Å². The lowest BCUT2D eigenvalue weighted by atomic mass is 10.0. The third kappa shape index (κ3) is 4.38. The van der Waals surface area contributed by atoms with Crippen molar-refractivity contribution in [1.29, 1.82) is 0 Å². The van der Waals surface area contributed by atoms with Gasteiger partial charge in [0.1, 0.15) is 17.9 Å². The van der Waals surface area contributed by atoms with Crippen molar-refractivity contribution in [3.63, 3.8) is 0 Å². The number of carbonyl (C=O) groups excluding carboxylic acids is 2. The molecule has 0 fully saturated rings. The van der Waals surface area contributed by atoms with Crippen molar-refractivity contribution in [2.24, 2.45) is 5.92 Å².